The molecule has 56 valence electrons. The van der Waals surface area contributed by atoms with Crippen molar-refractivity contribution in [2.75, 3.05) is 0 Å². The molecule has 1 aromatic carbocycles. The third-order valence-electron chi connectivity index (χ3n) is 1.32. The van der Waals surface area contributed by atoms with E-state index >= 15 is 0 Å². The molecule has 0 amide bonds. The molecule has 1 rings (SSSR count). The van der Waals surface area contributed by atoms with Crippen LogP contribution in [-0.2, 0) is 5.33 Å². The van der Waals surface area contributed by atoms with E-state index in [1.807, 2.05) is 6.07 Å². The number of hydrogen-bond donors (Lipinski definition) is 0. The molecule has 0 spiro atoms. The molecule has 0 aliphatic carbocycles. The zero-order valence-corrected chi connectivity index (χ0v) is 7.98. The Morgan fingerprint density at radius 2 is 2.27 bits per heavy atom. The van der Waals surface area contributed by atoms with Crippen LogP contribution in [0.4, 0.5) is 0 Å². The van der Waals surface area contributed by atoms with Crippen LogP contribution in [0.25, 0.3) is 0 Å². The van der Waals surface area contributed by atoms with Crippen LogP contribution >= 0.6 is 27.5 Å². The van der Waals surface area contributed by atoms with Crippen molar-refractivity contribution in [2.45, 2.75) is 5.33 Å². The summed E-state index contributed by atoms with van der Waals surface area (Å²) in [6.07, 6.45) is 0. The minimum atomic E-state index is 0.642. The third-order valence-corrected chi connectivity index (χ3v) is 2.29. The fraction of sp³-hybridized carbons (Fsp3) is 0.125. The predicted molar refractivity (Wildman–Crippen MR) is 48.8 cm³/mol. The largest absolute Gasteiger partial charge is 0.192 e. The van der Waals surface area contributed by atoms with Crippen LogP contribution in [0.2, 0.25) is 5.02 Å². The SMILES string of the molecule is N#Cc1ccc(Cl)c(CBr)c1. The number of nitriles is 1. The van der Waals surface area contributed by atoms with Crippen molar-refractivity contribution >= 4 is 27.5 Å². The smallest absolute Gasteiger partial charge is 0.0991 e. The highest BCUT2D eigenvalue weighted by Crippen LogP contribution is 2.19. The molecule has 0 atom stereocenters. The van der Waals surface area contributed by atoms with Gasteiger partial charge in [0.2, 0.25) is 0 Å². The van der Waals surface area contributed by atoms with Crippen molar-refractivity contribution in [1.29, 1.82) is 5.26 Å². The lowest BCUT2D eigenvalue weighted by Gasteiger charge is -1.98. The third kappa shape index (κ3) is 1.95. The van der Waals surface area contributed by atoms with Gasteiger partial charge in [0.1, 0.15) is 0 Å². The molecule has 3 heteroatoms. The fourth-order valence-electron chi connectivity index (χ4n) is 0.747. The monoisotopic (exact) mass is 229 g/mol. The fourth-order valence-corrected chi connectivity index (χ4v) is 1.56. The molecule has 0 aliphatic rings. The molecular formula is C8H5BrClN. The molecule has 0 heterocycles. The summed E-state index contributed by atoms with van der Waals surface area (Å²) in [5.74, 6) is 0. The highest BCUT2D eigenvalue weighted by molar-refractivity contribution is 9.08. The Bertz CT molecular complexity index is 303. The number of nitrogens with zero attached hydrogens (tertiary/aromatic N) is 1. The lowest BCUT2D eigenvalue weighted by molar-refractivity contribution is 1.40. The lowest BCUT2D eigenvalue weighted by Crippen LogP contribution is -1.81. The summed E-state index contributed by atoms with van der Waals surface area (Å²) in [4.78, 5) is 0. The molecule has 0 aliphatic heterocycles. The van der Waals surface area contributed by atoms with Gasteiger partial charge in [0, 0.05) is 10.4 Å². The molecule has 0 aromatic heterocycles. The Kier molecular flexibility index (Phi) is 2.92. The summed E-state index contributed by atoms with van der Waals surface area (Å²) in [6.45, 7) is 0. The molecule has 0 bridgehead atoms. The van der Waals surface area contributed by atoms with Crippen LogP contribution in [-0.4, -0.2) is 0 Å². The molecule has 0 saturated carbocycles. The van der Waals surface area contributed by atoms with Gasteiger partial charge in [0.25, 0.3) is 0 Å². The zero-order valence-electron chi connectivity index (χ0n) is 5.64. The molecule has 0 fully saturated rings. The van der Waals surface area contributed by atoms with Gasteiger partial charge >= 0.3 is 0 Å². The lowest BCUT2D eigenvalue weighted by atomic mass is 10.2. The van der Waals surface area contributed by atoms with Crippen molar-refractivity contribution in [2.24, 2.45) is 0 Å². The second-order valence-electron chi connectivity index (χ2n) is 2.05. The maximum absolute atomic E-state index is 8.54. The van der Waals surface area contributed by atoms with Crippen LogP contribution in [0.15, 0.2) is 18.2 Å². The minimum absolute atomic E-state index is 0.642. The minimum Gasteiger partial charge on any atom is -0.192 e. The molecular weight excluding hydrogens is 225 g/mol. The molecule has 0 unspecified atom stereocenters. The van der Waals surface area contributed by atoms with E-state index in [0.717, 1.165) is 5.56 Å². The first-order valence-electron chi connectivity index (χ1n) is 3.02. The van der Waals surface area contributed by atoms with Crippen molar-refractivity contribution < 1.29 is 0 Å². The Morgan fingerprint density at radius 1 is 1.55 bits per heavy atom. The predicted octanol–water partition coefficient (Wildman–Crippen LogP) is 3.11. The maximum atomic E-state index is 8.54. The van der Waals surface area contributed by atoms with Gasteiger partial charge in [-0.2, -0.15) is 5.26 Å². The second kappa shape index (κ2) is 3.75. The molecule has 1 nitrogen and oxygen atoms in total. The Morgan fingerprint density at radius 3 is 2.82 bits per heavy atom. The maximum Gasteiger partial charge on any atom is 0.0991 e. The topological polar surface area (TPSA) is 23.8 Å². The van der Waals surface area contributed by atoms with E-state index in [9.17, 15) is 0 Å². The van der Waals surface area contributed by atoms with E-state index in [2.05, 4.69) is 15.9 Å². The summed E-state index contributed by atoms with van der Waals surface area (Å²) < 4.78 is 0. The average Bonchev–Trinajstić information content (AvgIpc) is 2.05. The Hall–Kier alpha value is -0.520. The molecule has 11 heavy (non-hydrogen) atoms. The first-order chi connectivity index (χ1) is 5.27. The molecule has 0 radical (unpaired) electrons. The van der Waals surface area contributed by atoms with Gasteiger partial charge in [-0.15, -0.1) is 0 Å². The second-order valence-corrected chi connectivity index (χ2v) is 3.02. The van der Waals surface area contributed by atoms with Gasteiger partial charge in [-0.1, -0.05) is 27.5 Å². The molecule has 1 aromatic rings. The summed E-state index contributed by atoms with van der Waals surface area (Å²) in [5.41, 5.74) is 1.59. The normalized spacial score (nSPS) is 9.18. The standard InChI is InChI=1S/C8H5BrClN/c9-4-7-3-6(5-11)1-2-8(7)10/h1-3H,4H2. The van der Waals surface area contributed by atoms with Crippen LogP contribution in [0.5, 0.6) is 0 Å². The van der Waals surface area contributed by atoms with Crippen molar-refractivity contribution in [1.82, 2.24) is 0 Å². The molecule has 0 N–H and O–H groups in total. The van der Waals surface area contributed by atoms with E-state index < -0.39 is 0 Å². The first kappa shape index (κ1) is 8.58. The van der Waals surface area contributed by atoms with E-state index in [0.29, 0.717) is 15.9 Å². The Balaban J connectivity index is 3.15. The highest BCUT2D eigenvalue weighted by atomic mass is 79.9. The van der Waals surface area contributed by atoms with Crippen LogP contribution in [0.3, 0.4) is 0 Å². The van der Waals surface area contributed by atoms with Gasteiger partial charge in [-0.25, -0.2) is 0 Å². The van der Waals surface area contributed by atoms with Crippen molar-refractivity contribution in [3.05, 3.63) is 34.3 Å². The van der Waals surface area contributed by atoms with Crippen LogP contribution in [0, 0.1) is 11.3 Å². The van der Waals surface area contributed by atoms with Gasteiger partial charge in [-0.3, -0.25) is 0 Å². The first-order valence-corrected chi connectivity index (χ1v) is 4.52. The van der Waals surface area contributed by atoms with Gasteiger partial charge < -0.3 is 0 Å². The van der Waals surface area contributed by atoms with Gasteiger partial charge in [0.05, 0.1) is 11.6 Å². The van der Waals surface area contributed by atoms with Crippen molar-refractivity contribution in [3.63, 3.8) is 0 Å². The number of alkyl halides is 1. The zero-order chi connectivity index (χ0) is 8.27. The summed E-state index contributed by atoms with van der Waals surface area (Å²) >= 11 is 9.09. The number of benzene rings is 1. The summed E-state index contributed by atoms with van der Waals surface area (Å²) in [7, 11) is 0. The van der Waals surface area contributed by atoms with E-state index in [1.54, 1.807) is 18.2 Å². The van der Waals surface area contributed by atoms with Crippen molar-refractivity contribution in [3.8, 4) is 6.07 Å². The number of rotatable bonds is 1. The summed E-state index contributed by atoms with van der Waals surface area (Å²) in [5, 5.41) is 9.92. The summed E-state index contributed by atoms with van der Waals surface area (Å²) in [6, 6.07) is 7.26. The average molecular weight is 230 g/mol. The van der Waals surface area contributed by atoms with Crippen LogP contribution < -0.4 is 0 Å². The van der Waals surface area contributed by atoms with E-state index in [-0.39, 0.29) is 0 Å². The number of halogens is 2. The number of hydrogen-bond acceptors (Lipinski definition) is 1. The van der Waals surface area contributed by atoms with E-state index in [4.69, 9.17) is 16.9 Å². The molecule has 0 saturated heterocycles. The Labute approximate surface area is 78.7 Å². The van der Waals surface area contributed by atoms with Crippen LogP contribution in [0.1, 0.15) is 11.1 Å². The van der Waals surface area contributed by atoms with E-state index in [1.165, 1.54) is 0 Å². The van der Waals surface area contributed by atoms with Gasteiger partial charge in [0.15, 0.2) is 0 Å². The highest BCUT2D eigenvalue weighted by Gasteiger charge is 1.98. The quantitative estimate of drug-likeness (QED) is 0.680. The van der Waals surface area contributed by atoms with Gasteiger partial charge in [-0.05, 0) is 23.8 Å².